The van der Waals surface area contributed by atoms with Gasteiger partial charge >= 0.3 is 0 Å². The zero-order valence-electron chi connectivity index (χ0n) is 9.64. The van der Waals surface area contributed by atoms with E-state index in [9.17, 15) is 4.79 Å². The summed E-state index contributed by atoms with van der Waals surface area (Å²) in [5, 5.41) is 9.92. The Morgan fingerprint density at radius 2 is 2.44 bits per heavy atom. The second-order valence-corrected chi connectivity index (χ2v) is 4.15. The van der Waals surface area contributed by atoms with Crippen LogP contribution in [0.4, 0.5) is 10.8 Å². The summed E-state index contributed by atoms with van der Waals surface area (Å²) in [7, 11) is 1.54. The first-order valence-corrected chi connectivity index (χ1v) is 5.96. The molecule has 9 heteroatoms. The molecule has 0 spiro atoms. The fourth-order valence-corrected chi connectivity index (χ4v) is 2.09. The van der Waals surface area contributed by atoms with E-state index in [2.05, 4.69) is 29.7 Å². The molecule has 8 nitrogen and oxygen atoms in total. The van der Waals surface area contributed by atoms with Crippen molar-refractivity contribution in [2.45, 2.75) is 6.42 Å². The molecule has 2 rings (SSSR count). The maximum atomic E-state index is 11.6. The summed E-state index contributed by atoms with van der Waals surface area (Å²) >= 11 is 1.15. The number of nitrogen functional groups attached to an aromatic ring is 1. The number of amides is 1. The van der Waals surface area contributed by atoms with Crippen LogP contribution < -0.4 is 16.4 Å². The first-order chi connectivity index (χ1) is 8.72. The Labute approximate surface area is 107 Å². The Balaban J connectivity index is 1.99. The molecular formula is C9H12N6O2S. The van der Waals surface area contributed by atoms with E-state index >= 15 is 0 Å². The molecule has 0 bridgehead atoms. The molecule has 2 aromatic heterocycles. The van der Waals surface area contributed by atoms with Gasteiger partial charge in [-0.15, -0.1) is 0 Å². The molecule has 0 saturated carbocycles. The van der Waals surface area contributed by atoms with Gasteiger partial charge in [0, 0.05) is 20.0 Å². The van der Waals surface area contributed by atoms with Crippen molar-refractivity contribution in [3.63, 3.8) is 0 Å². The molecule has 0 fully saturated rings. The van der Waals surface area contributed by atoms with Gasteiger partial charge in [-0.3, -0.25) is 4.79 Å². The predicted molar refractivity (Wildman–Crippen MR) is 66.4 cm³/mol. The van der Waals surface area contributed by atoms with Gasteiger partial charge in [0.15, 0.2) is 11.6 Å². The first kappa shape index (κ1) is 12.3. The van der Waals surface area contributed by atoms with E-state index in [0.29, 0.717) is 29.4 Å². The molecule has 18 heavy (non-hydrogen) atoms. The van der Waals surface area contributed by atoms with Crippen LogP contribution in [0.1, 0.15) is 16.2 Å². The van der Waals surface area contributed by atoms with Crippen LogP contribution in [0.3, 0.4) is 0 Å². The molecule has 1 amide bonds. The standard InChI is InChI=1S/C9H12N6O2S/c1-11-8(16)6-7(10)15-18-9(6)12-3-2-5-13-4-17-14-5/h4,12H,2-3H2,1H3,(H2,10,15)(H,11,16). The van der Waals surface area contributed by atoms with Gasteiger partial charge in [0.25, 0.3) is 5.91 Å². The average molecular weight is 268 g/mol. The largest absolute Gasteiger partial charge is 0.382 e. The van der Waals surface area contributed by atoms with E-state index in [4.69, 9.17) is 5.73 Å². The maximum Gasteiger partial charge on any atom is 0.257 e. The van der Waals surface area contributed by atoms with Gasteiger partial charge in [-0.1, -0.05) is 5.16 Å². The predicted octanol–water partition coefficient (Wildman–Crippen LogP) is 0.122. The topological polar surface area (TPSA) is 119 Å². The van der Waals surface area contributed by atoms with Crippen LogP contribution in [0, 0.1) is 0 Å². The van der Waals surface area contributed by atoms with E-state index < -0.39 is 0 Å². The van der Waals surface area contributed by atoms with Crippen molar-refractivity contribution in [3.05, 3.63) is 17.8 Å². The van der Waals surface area contributed by atoms with Gasteiger partial charge in [0.2, 0.25) is 6.39 Å². The van der Waals surface area contributed by atoms with Gasteiger partial charge in [0.1, 0.15) is 10.6 Å². The van der Waals surface area contributed by atoms with Crippen molar-refractivity contribution in [2.75, 3.05) is 24.6 Å². The monoisotopic (exact) mass is 268 g/mol. The molecule has 0 radical (unpaired) electrons. The van der Waals surface area contributed by atoms with Crippen LogP contribution in [-0.4, -0.2) is 34.0 Å². The number of rotatable bonds is 5. The van der Waals surface area contributed by atoms with Gasteiger partial charge in [-0.2, -0.15) is 9.36 Å². The maximum absolute atomic E-state index is 11.6. The third kappa shape index (κ3) is 2.56. The number of hydrogen-bond acceptors (Lipinski definition) is 8. The number of carbonyl (C=O) groups excluding carboxylic acids is 1. The summed E-state index contributed by atoms with van der Waals surface area (Å²) in [6, 6.07) is 0. The molecule has 0 unspecified atom stereocenters. The van der Waals surface area contributed by atoms with Gasteiger partial charge < -0.3 is 20.9 Å². The number of aromatic nitrogens is 3. The molecule has 0 atom stereocenters. The highest BCUT2D eigenvalue weighted by Crippen LogP contribution is 2.26. The molecule has 4 N–H and O–H groups in total. The highest BCUT2D eigenvalue weighted by Gasteiger charge is 2.17. The lowest BCUT2D eigenvalue weighted by Gasteiger charge is -2.04. The molecule has 0 aliphatic rings. The summed E-state index contributed by atoms with van der Waals surface area (Å²) < 4.78 is 8.57. The Morgan fingerprint density at radius 1 is 1.61 bits per heavy atom. The molecule has 2 heterocycles. The summed E-state index contributed by atoms with van der Waals surface area (Å²) in [6.45, 7) is 0.561. The Hall–Kier alpha value is -2.16. The second-order valence-electron chi connectivity index (χ2n) is 3.38. The van der Waals surface area contributed by atoms with E-state index in [0.717, 1.165) is 11.5 Å². The SMILES string of the molecule is CNC(=O)c1c(N)nsc1NCCc1ncon1. The number of nitrogens with zero attached hydrogens (tertiary/aromatic N) is 3. The molecular weight excluding hydrogens is 256 g/mol. The van der Waals surface area contributed by atoms with Gasteiger partial charge in [0.05, 0.1) is 0 Å². The number of hydrogen-bond donors (Lipinski definition) is 3. The molecule has 0 aliphatic heterocycles. The Bertz CT molecular complexity index is 523. The minimum atomic E-state index is -0.261. The molecule has 0 aliphatic carbocycles. The minimum absolute atomic E-state index is 0.224. The first-order valence-electron chi connectivity index (χ1n) is 5.18. The fraction of sp³-hybridized carbons (Fsp3) is 0.333. The second kappa shape index (κ2) is 5.45. The van der Waals surface area contributed by atoms with Crippen LogP contribution >= 0.6 is 11.5 Å². The van der Waals surface area contributed by atoms with Crippen LogP contribution in [-0.2, 0) is 6.42 Å². The van der Waals surface area contributed by atoms with Crippen molar-refractivity contribution in [1.29, 1.82) is 0 Å². The zero-order valence-corrected chi connectivity index (χ0v) is 10.5. The molecule has 0 aromatic carbocycles. The highest BCUT2D eigenvalue weighted by molar-refractivity contribution is 7.11. The lowest BCUT2D eigenvalue weighted by atomic mass is 10.3. The van der Waals surface area contributed by atoms with Crippen LogP contribution in [0.2, 0.25) is 0 Å². The summed E-state index contributed by atoms with van der Waals surface area (Å²) in [5.74, 6) is 0.561. The smallest absolute Gasteiger partial charge is 0.257 e. The average Bonchev–Trinajstić information content (AvgIpc) is 2.99. The number of carbonyl (C=O) groups is 1. The lowest BCUT2D eigenvalue weighted by Crippen LogP contribution is -2.20. The quantitative estimate of drug-likeness (QED) is 0.704. The minimum Gasteiger partial charge on any atom is -0.382 e. The van der Waals surface area contributed by atoms with E-state index in [1.54, 1.807) is 7.05 Å². The van der Waals surface area contributed by atoms with E-state index in [1.807, 2.05) is 0 Å². The summed E-state index contributed by atoms with van der Waals surface area (Å²) in [4.78, 5) is 15.5. The van der Waals surface area contributed by atoms with Crippen molar-refractivity contribution in [2.24, 2.45) is 0 Å². The highest BCUT2D eigenvalue weighted by atomic mass is 32.1. The molecule has 96 valence electrons. The van der Waals surface area contributed by atoms with Crippen molar-refractivity contribution < 1.29 is 9.32 Å². The third-order valence-corrected chi connectivity index (χ3v) is 3.03. The summed E-state index contributed by atoms with van der Waals surface area (Å²) in [5.41, 5.74) is 6.01. The number of nitrogens with one attached hydrogen (secondary N) is 2. The number of anilines is 2. The molecule has 0 saturated heterocycles. The fourth-order valence-electron chi connectivity index (χ4n) is 1.36. The third-order valence-electron chi connectivity index (χ3n) is 2.21. The Morgan fingerprint density at radius 3 is 3.11 bits per heavy atom. The van der Waals surface area contributed by atoms with E-state index in [-0.39, 0.29) is 11.7 Å². The van der Waals surface area contributed by atoms with E-state index in [1.165, 1.54) is 6.39 Å². The van der Waals surface area contributed by atoms with Crippen molar-refractivity contribution in [3.8, 4) is 0 Å². The Kier molecular flexibility index (Phi) is 3.72. The summed E-state index contributed by atoms with van der Waals surface area (Å²) in [6.07, 6.45) is 1.86. The van der Waals surface area contributed by atoms with Crippen molar-refractivity contribution >= 4 is 28.3 Å². The number of nitrogens with two attached hydrogens (primary N) is 1. The lowest BCUT2D eigenvalue weighted by molar-refractivity contribution is 0.0965. The van der Waals surface area contributed by atoms with Gasteiger partial charge in [-0.05, 0) is 11.5 Å². The van der Waals surface area contributed by atoms with Crippen molar-refractivity contribution in [1.82, 2.24) is 19.8 Å². The van der Waals surface area contributed by atoms with Gasteiger partial charge in [-0.25, -0.2) is 0 Å². The normalized spacial score (nSPS) is 10.3. The zero-order chi connectivity index (χ0) is 13.0. The molecule has 2 aromatic rings. The van der Waals surface area contributed by atoms with Crippen LogP contribution in [0.25, 0.3) is 0 Å². The van der Waals surface area contributed by atoms with Crippen LogP contribution in [0.5, 0.6) is 0 Å². The van der Waals surface area contributed by atoms with Crippen LogP contribution in [0.15, 0.2) is 10.9 Å².